The Balaban J connectivity index is 1.84. The molecule has 1 aliphatic rings. The monoisotopic (exact) mass is 310 g/mol. The molecule has 2 atom stereocenters. The molecule has 5 nitrogen and oxygen atoms in total. The Morgan fingerprint density at radius 3 is 3.00 bits per heavy atom. The Morgan fingerprint density at radius 2 is 2.29 bits per heavy atom. The summed E-state index contributed by atoms with van der Waals surface area (Å²) in [6.45, 7) is 2.97. The zero-order chi connectivity index (χ0) is 15.2. The molecule has 1 aromatic rings. The van der Waals surface area contributed by atoms with Crippen LogP contribution in [0.2, 0.25) is 5.02 Å². The average Bonchev–Trinajstić information content (AvgIpc) is 2.47. The molecule has 2 unspecified atom stereocenters. The minimum Gasteiger partial charge on any atom is -0.351 e. The van der Waals surface area contributed by atoms with E-state index in [0.717, 1.165) is 18.3 Å². The zero-order valence-corrected chi connectivity index (χ0v) is 13.1. The summed E-state index contributed by atoms with van der Waals surface area (Å²) in [7, 11) is 0. The van der Waals surface area contributed by atoms with E-state index in [9.17, 15) is 4.79 Å². The molecule has 116 valence electrons. The Kier molecular flexibility index (Phi) is 5.82. The van der Waals surface area contributed by atoms with Crippen LogP contribution in [-0.2, 0) is 0 Å². The van der Waals surface area contributed by atoms with Crippen molar-refractivity contribution in [2.45, 2.75) is 39.0 Å². The first-order valence-electron chi connectivity index (χ1n) is 7.51. The Morgan fingerprint density at radius 1 is 1.48 bits per heavy atom. The van der Waals surface area contributed by atoms with E-state index in [2.05, 4.69) is 22.7 Å². The lowest BCUT2D eigenvalue weighted by molar-refractivity contribution is 0.0945. The van der Waals surface area contributed by atoms with Crippen LogP contribution in [0.1, 0.15) is 49.5 Å². The molecule has 1 heterocycles. The summed E-state index contributed by atoms with van der Waals surface area (Å²) >= 11 is 6.00. The number of amides is 1. The molecular weight excluding hydrogens is 288 g/mol. The fourth-order valence-corrected chi connectivity index (χ4v) is 3.17. The van der Waals surface area contributed by atoms with Crippen LogP contribution in [-0.4, -0.2) is 17.4 Å². The Labute approximate surface area is 130 Å². The lowest BCUT2D eigenvalue weighted by atomic mass is 9.81. The van der Waals surface area contributed by atoms with Crippen molar-refractivity contribution in [3.8, 4) is 0 Å². The van der Waals surface area contributed by atoms with Crippen LogP contribution in [0.3, 0.4) is 0 Å². The average molecular weight is 311 g/mol. The fraction of sp³-hybridized carbons (Fsp3) is 0.600. The van der Waals surface area contributed by atoms with Crippen molar-refractivity contribution in [1.29, 1.82) is 0 Å². The number of hydrogen-bond acceptors (Lipinski definition) is 4. The summed E-state index contributed by atoms with van der Waals surface area (Å²) in [6.07, 6.45) is 6.19. The van der Waals surface area contributed by atoms with E-state index < -0.39 is 0 Å². The van der Waals surface area contributed by atoms with Gasteiger partial charge in [-0.15, -0.1) is 0 Å². The fourth-order valence-electron chi connectivity index (χ4n) is 2.98. The Bertz CT molecular complexity index is 495. The van der Waals surface area contributed by atoms with Crippen LogP contribution in [0.5, 0.6) is 0 Å². The first-order valence-corrected chi connectivity index (χ1v) is 7.89. The van der Waals surface area contributed by atoms with Crippen LogP contribution in [0, 0.1) is 11.8 Å². The lowest BCUT2D eigenvalue weighted by Gasteiger charge is -2.26. The number of hydrogen-bond donors (Lipinski definition) is 3. The van der Waals surface area contributed by atoms with E-state index in [-0.39, 0.29) is 11.6 Å². The van der Waals surface area contributed by atoms with Gasteiger partial charge in [0, 0.05) is 6.54 Å². The van der Waals surface area contributed by atoms with Gasteiger partial charge in [0.2, 0.25) is 0 Å². The number of hydrazine groups is 1. The molecule has 0 spiro atoms. The quantitative estimate of drug-likeness (QED) is 0.577. The van der Waals surface area contributed by atoms with Gasteiger partial charge in [-0.3, -0.25) is 4.79 Å². The molecule has 1 aromatic heterocycles. The van der Waals surface area contributed by atoms with Gasteiger partial charge < -0.3 is 10.7 Å². The van der Waals surface area contributed by atoms with Crippen LogP contribution in [0.4, 0.5) is 5.82 Å². The van der Waals surface area contributed by atoms with E-state index >= 15 is 0 Å². The molecule has 1 aliphatic carbocycles. The first kappa shape index (κ1) is 16.0. The SMILES string of the molecule is CC1CCCC(CCNC(=O)c2nc(NN)ccc2Cl)C1. The predicted molar refractivity (Wildman–Crippen MR) is 85.1 cm³/mol. The lowest BCUT2D eigenvalue weighted by Crippen LogP contribution is -2.28. The van der Waals surface area contributed by atoms with Crippen LogP contribution in [0.15, 0.2) is 12.1 Å². The van der Waals surface area contributed by atoms with Gasteiger partial charge in [-0.25, -0.2) is 10.8 Å². The Hall–Kier alpha value is -1.33. The highest BCUT2D eigenvalue weighted by Crippen LogP contribution is 2.30. The van der Waals surface area contributed by atoms with Crippen molar-refractivity contribution in [3.63, 3.8) is 0 Å². The molecule has 6 heteroatoms. The molecule has 4 N–H and O–H groups in total. The molecule has 0 radical (unpaired) electrons. The highest BCUT2D eigenvalue weighted by molar-refractivity contribution is 6.33. The third-order valence-corrected chi connectivity index (χ3v) is 4.40. The summed E-state index contributed by atoms with van der Waals surface area (Å²) in [5, 5.41) is 3.23. The van der Waals surface area contributed by atoms with Gasteiger partial charge in [0.05, 0.1) is 5.02 Å². The molecule has 0 saturated heterocycles. The van der Waals surface area contributed by atoms with Crippen LogP contribution < -0.4 is 16.6 Å². The second-order valence-corrected chi connectivity index (χ2v) is 6.26. The number of nitrogens with two attached hydrogens (primary N) is 1. The molecule has 1 saturated carbocycles. The highest BCUT2D eigenvalue weighted by atomic mass is 35.5. The molecule has 0 aliphatic heterocycles. The second-order valence-electron chi connectivity index (χ2n) is 5.85. The standard InChI is InChI=1S/C15H23ClN4O/c1-10-3-2-4-11(9-10)7-8-18-15(21)14-12(16)5-6-13(19-14)20-17/h5-6,10-11H,2-4,7-9,17H2,1H3,(H,18,21)(H,19,20). The van der Waals surface area contributed by atoms with Gasteiger partial charge in [0.15, 0.2) is 0 Å². The van der Waals surface area contributed by atoms with E-state index in [1.54, 1.807) is 12.1 Å². The molecule has 0 aromatic carbocycles. The van der Waals surface area contributed by atoms with Gasteiger partial charge in [-0.2, -0.15) is 0 Å². The molecule has 2 rings (SSSR count). The minimum absolute atomic E-state index is 0.212. The van der Waals surface area contributed by atoms with Gasteiger partial charge >= 0.3 is 0 Å². The number of halogens is 1. The van der Waals surface area contributed by atoms with Crippen molar-refractivity contribution in [1.82, 2.24) is 10.3 Å². The van der Waals surface area contributed by atoms with E-state index in [1.807, 2.05) is 0 Å². The summed E-state index contributed by atoms with van der Waals surface area (Å²) in [6, 6.07) is 3.24. The normalized spacial score (nSPS) is 21.9. The third kappa shape index (κ3) is 4.58. The number of nitrogens with one attached hydrogen (secondary N) is 2. The highest BCUT2D eigenvalue weighted by Gasteiger charge is 2.19. The third-order valence-electron chi connectivity index (χ3n) is 4.09. The van der Waals surface area contributed by atoms with Gasteiger partial charge in [-0.05, 0) is 36.8 Å². The number of carbonyl (C=O) groups excluding carboxylic acids is 1. The first-order chi connectivity index (χ1) is 10.1. The summed E-state index contributed by atoms with van der Waals surface area (Å²) in [5.41, 5.74) is 2.62. The maximum atomic E-state index is 12.1. The van der Waals surface area contributed by atoms with Crippen molar-refractivity contribution < 1.29 is 4.79 Å². The molecule has 1 fully saturated rings. The minimum atomic E-state index is -0.249. The number of anilines is 1. The van der Waals surface area contributed by atoms with Crippen LogP contribution >= 0.6 is 11.6 Å². The molecule has 1 amide bonds. The van der Waals surface area contributed by atoms with Gasteiger partial charge in [0.25, 0.3) is 5.91 Å². The zero-order valence-electron chi connectivity index (χ0n) is 12.4. The maximum Gasteiger partial charge on any atom is 0.271 e. The summed E-state index contributed by atoms with van der Waals surface area (Å²) < 4.78 is 0. The summed E-state index contributed by atoms with van der Waals surface area (Å²) in [5.74, 6) is 6.99. The number of carbonyl (C=O) groups is 1. The molecular formula is C15H23ClN4O. The molecule has 0 bridgehead atoms. The smallest absolute Gasteiger partial charge is 0.271 e. The van der Waals surface area contributed by atoms with Crippen molar-refractivity contribution in [2.75, 3.05) is 12.0 Å². The number of nitrogens with zero attached hydrogens (tertiary/aromatic N) is 1. The second kappa shape index (κ2) is 7.61. The van der Waals surface area contributed by atoms with Crippen molar-refractivity contribution >= 4 is 23.3 Å². The largest absolute Gasteiger partial charge is 0.351 e. The number of aromatic nitrogens is 1. The van der Waals surface area contributed by atoms with E-state index in [1.165, 1.54) is 25.7 Å². The number of rotatable bonds is 5. The van der Waals surface area contributed by atoms with Gasteiger partial charge in [-0.1, -0.05) is 37.8 Å². The van der Waals surface area contributed by atoms with Crippen molar-refractivity contribution in [2.24, 2.45) is 17.7 Å². The summed E-state index contributed by atoms with van der Waals surface area (Å²) in [4.78, 5) is 16.2. The number of nitrogen functional groups attached to an aromatic ring is 1. The maximum absolute atomic E-state index is 12.1. The van der Waals surface area contributed by atoms with Crippen molar-refractivity contribution in [3.05, 3.63) is 22.8 Å². The number of pyridine rings is 1. The topological polar surface area (TPSA) is 80.0 Å². The molecule has 21 heavy (non-hydrogen) atoms. The van der Waals surface area contributed by atoms with Gasteiger partial charge in [0.1, 0.15) is 11.5 Å². The van der Waals surface area contributed by atoms with E-state index in [0.29, 0.717) is 17.4 Å². The predicted octanol–water partition coefficient (Wildman–Crippen LogP) is 2.97. The van der Waals surface area contributed by atoms with Crippen LogP contribution in [0.25, 0.3) is 0 Å². The van der Waals surface area contributed by atoms with E-state index in [4.69, 9.17) is 17.4 Å².